The molecule has 1 aromatic heterocycles. The van der Waals surface area contributed by atoms with Crippen molar-refractivity contribution in [3.8, 4) is 11.1 Å². The van der Waals surface area contributed by atoms with Crippen LogP contribution in [0.1, 0.15) is 5.56 Å². The number of halogens is 4. The Kier molecular flexibility index (Phi) is 3.19. The van der Waals surface area contributed by atoms with E-state index in [1.165, 1.54) is 12.3 Å². The molecule has 0 fully saturated rings. The Morgan fingerprint density at radius 2 is 1.82 bits per heavy atom. The quantitative estimate of drug-likeness (QED) is 0.754. The first-order chi connectivity index (χ1) is 7.98. The number of hydrogen-bond acceptors (Lipinski definition) is 1. The fourth-order valence-corrected chi connectivity index (χ4v) is 1.93. The van der Waals surface area contributed by atoms with Gasteiger partial charge in [-0.3, -0.25) is 4.98 Å². The molecule has 1 heterocycles. The maximum Gasteiger partial charge on any atom is 0.417 e. The summed E-state index contributed by atoms with van der Waals surface area (Å²) in [6, 6.07) is 7.53. The van der Waals surface area contributed by atoms with Crippen LogP contribution < -0.4 is 0 Å². The van der Waals surface area contributed by atoms with Crippen molar-refractivity contribution in [1.82, 2.24) is 4.98 Å². The SMILES string of the molecule is FC(F)(F)c1cc(-c2cccnc2)ccc1Br. The van der Waals surface area contributed by atoms with E-state index in [4.69, 9.17) is 0 Å². The summed E-state index contributed by atoms with van der Waals surface area (Å²) in [6.07, 6.45) is -1.26. The van der Waals surface area contributed by atoms with Crippen molar-refractivity contribution in [2.45, 2.75) is 6.18 Å². The van der Waals surface area contributed by atoms with Gasteiger partial charge < -0.3 is 0 Å². The molecule has 5 heteroatoms. The number of pyridine rings is 1. The minimum Gasteiger partial charge on any atom is -0.264 e. The maximum atomic E-state index is 12.7. The summed E-state index contributed by atoms with van der Waals surface area (Å²) in [6.45, 7) is 0. The fraction of sp³-hybridized carbons (Fsp3) is 0.0833. The predicted molar refractivity (Wildman–Crippen MR) is 62.4 cm³/mol. The molecule has 0 aliphatic carbocycles. The molecule has 2 rings (SSSR count). The van der Waals surface area contributed by atoms with Crippen molar-refractivity contribution in [2.75, 3.05) is 0 Å². The van der Waals surface area contributed by atoms with E-state index in [0.29, 0.717) is 11.1 Å². The van der Waals surface area contributed by atoms with Crippen LogP contribution in [-0.2, 0) is 6.18 Å². The minimum atomic E-state index is -4.36. The second-order valence-corrected chi connectivity index (χ2v) is 4.29. The molecule has 0 aliphatic rings. The highest BCUT2D eigenvalue weighted by Crippen LogP contribution is 2.37. The van der Waals surface area contributed by atoms with Crippen LogP contribution in [0.2, 0.25) is 0 Å². The average Bonchev–Trinajstić information content (AvgIpc) is 2.29. The van der Waals surface area contributed by atoms with Crippen LogP contribution in [-0.4, -0.2) is 4.98 Å². The van der Waals surface area contributed by atoms with Gasteiger partial charge in [-0.2, -0.15) is 13.2 Å². The number of alkyl halides is 3. The van der Waals surface area contributed by atoms with Crippen LogP contribution in [0.4, 0.5) is 13.2 Å². The Bertz CT molecular complexity index is 523. The summed E-state index contributed by atoms with van der Waals surface area (Å²) < 4.78 is 38.1. The highest BCUT2D eigenvalue weighted by molar-refractivity contribution is 9.10. The molecular weight excluding hydrogens is 295 g/mol. The van der Waals surface area contributed by atoms with Gasteiger partial charge in [0.2, 0.25) is 0 Å². The molecule has 0 radical (unpaired) electrons. The van der Waals surface area contributed by atoms with Gasteiger partial charge in [0.25, 0.3) is 0 Å². The van der Waals surface area contributed by atoms with Gasteiger partial charge in [-0.25, -0.2) is 0 Å². The standard InChI is InChI=1S/C12H7BrF3N/c13-11-4-3-8(6-10(11)12(14,15)16)9-2-1-5-17-7-9/h1-7H. The Balaban J connectivity index is 2.53. The summed E-state index contributed by atoms with van der Waals surface area (Å²) in [5.41, 5.74) is 0.470. The Labute approximate surface area is 104 Å². The zero-order chi connectivity index (χ0) is 12.5. The molecule has 1 aromatic carbocycles. The molecule has 1 nitrogen and oxygen atoms in total. The fourth-order valence-electron chi connectivity index (χ4n) is 1.46. The Morgan fingerprint density at radius 1 is 1.06 bits per heavy atom. The molecule has 17 heavy (non-hydrogen) atoms. The first kappa shape index (κ1) is 12.1. The third-order valence-corrected chi connectivity index (χ3v) is 2.96. The summed E-state index contributed by atoms with van der Waals surface area (Å²) in [7, 11) is 0. The van der Waals surface area contributed by atoms with E-state index in [9.17, 15) is 13.2 Å². The number of aromatic nitrogens is 1. The lowest BCUT2D eigenvalue weighted by atomic mass is 10.0. The first-order valence-electron chi connectivity index (χ1n) is 4.75. The van der Waals surface area contributed by atoms with Gasteiger partial charge in [-0.1, -0.05) is 28.1 Å². The van der Waals surface area contributed by atoms with E-state index in [0.717, 1.165) is 6.07 Å². The normalized spacial score (nSPS) is 11.5. The predicted octanol–water partition coefficient (Wildman–Crippen LogP) is 4.53. The van der Waals surface area contributed by atoms with Gasteiger partial charge in [0, 0.05) is 22.4 Å². The van der Waals surface area contributed by atoms with E-state index in [1.807, 2.05) is 0 Å². The topological polar surface area (TPSA) is 12.9 Å². The molecule has 0 amide bonds. The monoisotopic (exact) mass is 301 g/mol. The maximum absolute atomic E-state index is 12.7. The van der Waals surface area contributed by atoms with E-state index in [2.05, 4.69) is 20.9 Å². The van der Waals surface area contributed by atoms with Crippen molar-refractivity contribution in [3.05, 3.63) is 52.8 Å². The molecule has 0 aliphatic heterocycles. The summed E-state index contributed by atoms with van der Waals surface area (Å²) >= 11 is 2.90. The molecule has 0 saturated heterocycles. The molecular formula is C12H7BrF3N. The highest BCUT2D eigenvalue weighted by Gasteiger charge is 2.33. The molecule has 0 atom stereocenters. The smallest absolute Gasteiger partial charge is 0.264 e. The van der Waals surface area contributed by atoms with E-state index < -0.39 is 11.7 Å². The van der Waals surface area contributed by atoms with E-state index in [-0.39, 0.29) is 4.47 Å². The van der Waals surface area contributed by atoms with E-state index >= 15 is 0 Å². The molecule has 0 saturated carbocycles. The third-order valence-electron chi connectivity index (χ3n) is 2.27. The second-order valence-electron chi connectivity index (χ2n) is 3.43. The average molecular weight is 302 g/mol. The molecule has 0 spiro atoms. The van der Waals surface area contributed by atoms with Gasteiger partial charge in [-0.15, -0.1) is 0 Å². The van der Waals surface area contributed by atoms with Gasteiger partial charge in [0.05, 0.1) is 5.56 Å². The lowest BCUT2D eigenvalue weighted by Crippen LogP contribution is -2.06. The zero-order valence-corrected chi connectivity index (χ0v) is 10.1. The summed E-state index contributed by atoms with van der Waals surface area (Å²) in [5.74, 6) is 0. The van der Waals surface area contributed by atoms with Crippen LogP contribution in [0.15, 0.2) is 47.2 Å². The van der Waals surface area contributed by atoms with Crippen molar-refractivity contribution in [3.63, 3.8) is 0 Å². The minimum absolute atomic E-state index is 0.0395. The molecule has 2 aromatic rings. The number of benzene rings is 1. The number of hydrogen-bond donors (Lipinski definition) is 0. The van der Waals surface area contributed by atoms with Gasteiger partial charge in [0.15, 0.2) is 0 Å². The number of rotatable bonds is 1. The van der Waals surface area contributed by atoms with Gasteiger partial charge in [-0.05, 0) is 23.8 Å². The summed E-state index contributed by atoms with van der Waals surface area (Å²) in [5, 5.41) is 0. The Hall–Kier alpha value is -1.36. The van der Waals surface area contributed by atoms with Crippen LogP contribution in [0.3, 0.4) is 0 Å². The molecule has 0 bridgehead atoms. The largest absolute Gasteiger partial charge is 0.417 e. The van der Waals surface area contributed by atoms with Crippen molar-refractivity contribution in [1.29, 1.82) is 0 Å². The van der Waals surface area contributed by atoms with Crippen LogP contribution in [0.5, 0.6) is 0 Å². The second kappa shape index (κ2) is 4.49. The first-order valence-corrected chi connectivity index (χ1v) is 5.55. The van der Waals surface area contributed by atoms with Crippen molar-refractivity contribution < 1.29 is 13.2 Å². The molecule has 0 unspecified atom stereocenters. The lowest BCUT2D eigenvalue weighted by Gasteiger charge is -2.11. The summed E-state index contributed by atoms with van der Waals surface area (Å²) in [4.78, 5) is 3.88. The highest BCUT2D eigenvalue weighted by atomic mass is 79.9. The molecule has 0 N–H and O–H groups in total. The van der Waals surface area contributed by atoms with Crippen molar-refractivity contribution in [2.24, 2.45) is 0 Å². The third kappa shape index (κ3) is 2.66. The molecule has 88 valence electrons. The number of nitrogens with zero attached hydrogens (tertiary/aromatic N) is 1. The van der Waals surface area contributed by atoms with Gasteiger partial charge >= 0.3 is 6.18 Å². The lowest BCUT2D eigenvalue weighted by molar-refractivity contribution is -0.138. The zero-order valence-electron chi connectivity index (χ0n) is 8.50. The Morgan fingerprint density at radius 3 is 2.41 bits per heavy atom. The van der Waals surface area contributed by atoms with Crippen LogP contribution >= 0.6 is 15.9 Å². The van der Waals surface area contributed by atoms with Gasteiger partial charge in [0.1, 0.15) is 0 Å². The van der Waals surface area contributed by atoms with Crippen LogP contribution in [0, 0.1) is 0 Å². The van der Waals surface area contributed by atoms with Crippen LogP contribution in [0.25, 0.3) is 11.1 Å². The van der Waals surface area contributed by atoms with E-state index in [1.54, 1.807) is 24.4 Å². The van der Waals surface area contributed by atoms with Crippen molar-refractivity contribution >= 4 is 15.9 Å².